The van der Waals surface area contributed by atoms with Crippen LogP contribution in [-0.4, -0.2) is 23.4 Å². The summed E-state index contributed by atoms with van der Waals surface area (Å²) in [5, 5.41) is 10.1. The Morgan fingerprint density at radius 3 is 2.38 bits per heavy atom. The minimum absolute atomic E-state index is 0.0351. The highest BCUT2D eigenvalue weighted by atomic mass is 32.3. The first-order valence-electron chi connectivity index (χ1n) is 8.62. The van der Waals surface area contributed by atoms with Gasteiger partial charge in [-0.15, -0.1) is 0 Å². The van der Waals surface area contributed by atoms with Crippen LogP contribution >= 0.6 is 10.0 Å². The summed E-state index contributed by atoms with van der Waals surface area (Å²) >= 11 is 0. The molecule has 1 N–H and O–H groups in total. The van der Waals surface area contributed by atoms with Crippen molar-refractivity contribution < 1.29 is 9.90 Å². The lowest BCUT2D eigenvalue weighted by molar-refractivity contribution is -0.110. The smallest absolute Gasteiger partial charge is 0.179 e. The summed E-state index contributed by atoms with van der Waals surface area (Å²) in [7, 11) is -1.39. The van der Waals surface area contributed by atoms with Crippen LogP contribution in [0.2, 0.25) is 0 Å². The van der Waals surface area contributed by atoms with E-state index in [-0.39, 0.29) is 11.5 Å². The molecule has 0 saturated carbocycles. The summed E-state index contributed by atoms with van der Waals surface area (Å²) in [6.45, 7) is 4.23. The highest BCUT2D eigenvalue weighted by Crippen LogP contribution is 2.66. The molecule has 2 aromatic carbocycles. The third kappa shape index (κ3) is 2.46. The Hall–Kier alpha value is -2.52. The van der Waals surface area contributed by atoms with Crippen LogP contribution in [-0.2, 0) is 4.79 Å². The highest BCUT2D eigenvalue weighted by molar-refractivity contribution is 8.36. The van der Waals surface area contributed by atoms with Gasteiger partial charge < -0.3 is 5.11 Å². The first-order chi connectivity index (χ1) is 12.3. The summed E-state index contributed by atoms with van der Waals surface area (Å²) < 4.78 is 0. The third-order valence-electron chi connectivity index (χ3n) is 5.21. The minimum atomic E-state index is -1.39. The number of ketones is 1. The first kappa shape index (κ1) is 16.9. The number of aryl methyl sites for hydroxylation is 2. The zero-order valence-electron chi connectivity index (χ0n) is 15.5. The largest absolute Gasteiger partial charge is 0.508 e. The molecule has 1 aliphatic carbocycles. The molecule has 0 saturated heterocycles. The van der Waals surface area contributed by atoms with Crippen LogP contribution in [0, 0.1) is 13.8 Å². The normalized spacial score (nSPS) is 18.9. The van der Waals surface area contributed by atoms with Gasteiger partial charge in [-0.25, -0.2) is 0 Å². The van der Waals surface area contributed by atoms with Gasteiger partial charge in [0.25, 0.3) is 0 Å². The van der Waals surface area contributed by atoms with E-state index in [9.17, 15) is 9.90 Å². The van der Waals surface area contributed by atoms with Crippen molar-refractivity contribution in [3.8, 4) is 5.75 Å². The number of carbonyl (C=O) groups is 1. The first-order valence-corrected chi connectivity index (χ1v) is 11.1. The molecule has 0 atom stereocenters. The minimum Gasteiger partial charge on any atom is -0.508 e. The van der Waals surface area contributed by atoms with Crippen LogP contribution < -0.4 is 0 Å². The number of aromatic hydroxyl groups is 1. The van der Waals surface area contributed by atoms with Gasteiger partial charge >= 0.3 is 0 Å². The van der Waals surface area contributed by atoms with E-state index >= 15 is 0 Å². The third-order valence-corrected chi connectivity index (χ3v) is 8.08. The number of hydrogen-bond donors (Lipinski definition) is 1. The number of rotatable bonds is 1. The number of benzene rings is 2. The SMILES string of the molecule is Cc1ccc(C2=C3C=CC(=O)C=C3S(C)(C)c3cc(O)ccc32)c(C)c1. The molecule has 132 valence electrons. The quantitative estimate of drug-likeness (QED) is 0.750. The summed E-state index contributed by atoms with van der Waals surface area (Å²) in [6, 6.07) is 12.1. The van der Waals surface area contributed by atoms with Crippen LogP contribution in [0.4, 0.5) is 0 Å². The summed E-state index contributed by atoms with van der Waals surface area (Å²) in [4.78, 5) is 14.3. The van der Waals surface area contributed by atoms with E-state index in [1.807, 2.05) is 18.2 Å². The molecule has 0 amide bonds. The van der Waals surface area contributed by atoms with Gasteiger partial charge in [0.05, 0.1) is 0 Å². The van der Waals surface area contributed by atoms with Gasteiger partial charge in [-0.05, 0) is 90.6 Å². The molecule has 26 heavy (non-hydrogen) atoms. The second-order valence-electron chi connectivity index (χ2n) is 7.36. The number of hydrogen-bond acceptors (Lipinski definition) is 2. The summed E-state index contributed by atoms with van der Waals surface area (Å²) in [6.07, 6.45) is 9.80. The maximum absolute atomic E-state index is 12.1. The molecule has 2 aromatic rings. The van der Waals surface area contributed by atoms with E-state index in [0.29, 0.717) is 0 Å². The predicted molar refractivity (Wildman–Crippen MR) is 110 cm³/mol. The Morgan fingerprint density at radius 1 is 0.923 bits per heavy atom. The topological polar surface area (TPSA) is 37.3 Å². The molecule has 4 rings (SSSR count). The molecule has 1 heterocycles. The molecule has 0 radical (unpaired) electrons. The Kier molecular flexibility index (Phi) is 3.74. The second-order valence-corrected chi connectivity index (χ2v) is 10.9. The van der Waals surface area contributed by atoms with Crippen molar-refractivity contribution in [2.75, 3.05) is 12.5 Å². The average Bonchev–Trinajstić information content (AvgIpc) is 2.58. The number of carbonyl (C=O) groups excluding carboxylic acids is 1. The lowest BCUT2D eigenvalue weighted by Crippen LogP contribution is -2.16. The number of phenolic OH excluding ortho intramolecular Hbond substituents is 1. The molecule has 1 aliphatic heterocycles. The van der Waals surface area contributed by atoms with Crippen molar-refractivity contribution in [1.82, 2.24) is 0 Å². The van der Waals surface area contributed by atoms with E-state index in [2.05, 4.69) is 44.6 Å². The van der Waals surface area contributed by atoms with Gasteiger partial charge in [0.15, 0.2) is 5.78 Å². The molecule has 2 nitrogen and oxygen atoms in total. The molecule has 0 spiro atoms. The molecule has 0 fully saturated rings. The molecular weight excluding hydrogens is 340 g/mol. The maximum Gasteiger partial charge on any atom is 0.179 e. The van der Waals surface area contributed by atoms with E-state index < -0.39 is 10.0 Å². The van der Waals surface area contributed by atoms with Crippen LogP contribution in [0.15, 0.2) is 70.0 Å². The Morgan fingerprint density at radius 2 is 1.65 bits per heavy atom. The van der Waals surface area contributed by atoms with Gasteiger partial charge in [0, 0.05) is 9.80 Å². The summed E-state index contributed by atoms with van der Waals surface area (Å²) in [5.41, 5.74) is 7.06. The summed E-state index contributed by atoms with van der Waals surface area (Å²) in [5.74, 6) is 0.305. The fraction of sp³-hybridized carbons (Fsp3) is 0.174. The zero-order valence-corrected chi connectivity index (χ0v) is 16.3. The maximum atomic E-state index is 12.1. The fourth-order valence-electron chi connectivity index (χ4n) is 3.92. The Bertz CT molecular complexity index is 1050. The van der Waals surface area contributed by atoms with Crippen molar-refractivity contribution in [3.63, 3.8) is 0 Å². The van der Waals surface area contributed by atoms with Crippen LogP contribution in [0.1, 0.15) is 22.3 Å². The van der Waals surface area contributed by atoms with E-state index in [1.54, 1.807) is 18.2 Å². The standard InChI is InChI=1S/C23H22O2S/c1-14-5-8-18(15(2)11-14)23-19-9-6-16(24)12-21(19)26(3,4)22-13-17(25)7-10-20(22)23/h5-13,24H,1-4H3. The van der Waals surface area contributed by atoms with Crippen molar-refractivity contribution in [2.45, 2.75) is 18.7 Å². The average molecular weight is 362 g/mol. The fourth-order valence-corrected chi connectivity index (χ4v) is 6.42. The van der Waals surface area contributed by atoms with Crippen LogP contribution in [0.3, 0.4) is 0 Å². The molecule has 0 unspecified atom stereocenters. The van der Waals surface area contributed by atoms with Gasteiger partial charge in [0.2, 0.25) is 0 Å². The molecular formula is C23H22O2S. The van der Waals surface area contributed by atoms with Crippen molar-refractivity contribution in [1.29, 1.82) is 0 Å². The molecule has 0 aromatic heterocycles. The van der Waals surface area contributed by atoms with Gasteiger partial charge in [-0.1, -0.05) is 23.8 Å². The lowest BCUT2D eigenvalue weighted by Gasteiger charge is -2.43. The second kappa shape index (κ2) is 5.75. The zero-order chi connectivity index (χ0) is 18.6. The van der Waals surface area contributed by atoms with E-state index in [1.165, 1.54) is 16.7 Å². The van der Waals surface area contributed by atoms with Crippen LogP contribution in [0.25, 0.3) is 5.57 Å². The number of fused-ring (bicyclic) bond motifs is 2. The molecule has 3 heteroatoms. The van der Waals surface area contributed by atoms with Gasteiger partial charge in [0.1, 0.15) is 5.75 Å². The van der Waals surface area contributed by atoms with Gasteiger partial charge in [-0.3, -0.25) is 4.79 Å². The monoisotopic (exact) mass is 362 g/mol. The van der Waals surface area contributed by atoms with Gasteiger partial charge in [-0.2, -0.15) is 10.0 Å². The predicted octanol–water partition coefficient (Wildman–Crippen LogP) is 5.27. The Balaban J connectivity index is 2.13. The number of allylic oxidation sites excluding steroid dienone is 4. The van der Waals surface area contributed by atoms with E-state index in [4.69, 9.17) is 0 Å². The molecule has 0 bridgehead atoms. The highest BCUT2D eigenvalue weighted by Gasteiger charge is 2.35. The van der Waals surface area contributed by atoms with Crippen molar-refractivity contribution >= 4 is 21.4 Å². The lowest BCUT2D eigenvalue weighted by atomic mass is 9.87. The molecule has 2 aliphatic rings. The Labute approximate surface area is 155 Å². The number of phenols is 1. The van der Waals surface area contributed by atoms with Crippen molar-refractivity contribution in [3.05, 3.63) is 87.4 Å². The van der Waals surface area contributed by atoms with E-state index in [0.717, 1.165) is 26.5 Å². The van der Waals surface area contributed by atoms with Crippen molar-refractivity contribution in [2.24, 2.45) is 0 Å². The van der Waals surface area contributed by atoms with Crippen LogP contribution in [0.5, 0.6) is 5.75 Å².